The Bertz CT molecular complexity index is 743. The van der Waals surface area contributed by atoms with Crippen molar-refractivity contribution in [3.05, 3.63) is 48.0 Å². The lowest BCUT2D eigenvalue weighted by atomic mass is 10.0. The lowest BCUT2D eigenvalue weighted by molar-refractivity contribution is -0.115. The Morgan fingerprint density at radius 2 is 1.68 bits per heavy atom. The van der Waals surface area contributed by atoms with Crippen molar-refractivity contribution < 1.29 is 14.3 Å². The van der Waals surface area contributed by atoms with Crippen molar-refractivity contribution in [2.45, 2.75) is 36.8 Å². The van der Waals surface area contributed by atoms with Crippen molar-refractivity contribution in [1.82, 2.24) is 0 Å². The average molecular weight is 357 g/mol. The van der Waals surface area contributed by atoms with E-state index in [1.54, 1.807) is 17.8 Å². The number of nitrogens with one attached hydrogen (secondary N) is 1. The summed E-state index contributed by atoms with van der Waals surface area (Å²) in [7, 11) is 0. The van der Waals surface area contributed by atoms with Gasteiger partial charge in [-0.25, -0.2) is 0 Å². The fourth-order valence-electron chi connectivity index (χ4n) is 2.55. The predicted molar refractivity (Wildman–Crippen MR) is 102 cm³/mol. The van der Waals surface area contributed by atoms with E-state index in [2.05, 4.69) is 43.4 Å². The van der Waals surface area contributed by atoms with Gasteiger partial charge in [0, 0.05) is 16.6 Å². The van der Waals surface area contributed by atoms with E-state index in [9.17, 15) is 4.79 Å². The number of thioether (sulfide) groups is 1. The SMILES string of the molecule is CC(Sc1ccc(C(C)C)cc1)C(=O)Nc1ccc2c(c1)OCCO2. The number of benzene rings is 2. The van der Waals surface area contributed by atoms with Gasteiger partial charge in [0.05, 0.1) is 5.25 Å². The molecule has 1 N–H and O–H groups in total. The summed E-state index contributed by atoms with van der Waals surface area (Å²) in [5.41, 5.74) is 2.02. The number of carbonyl (C=O) groups excluding carboxylic acids is 1. The van der Waals surface area contributed by atoms with Gasteiger partial charge in [0.2, 0.25) is 5.91 Å². The number of anilines is 1. The number of hydrogen-bond donors (Lipinski definition) is 1. The van der Waals surface area contributed by atoms with Crippen LogP contribution in [0.5, 0.6) is 11.5 Å². The molecule has 25 heavy (non-hydrogen) atoms. The fraction of sp³-hybridized carbons (Fsp3) is 0.350. The van der Waals surface area contributed by atoms with Crippen LogP contribution in [0.4, 0.5) is 5.69 Å². The molecule has 0 bridgehead atoms. The van der Waals surface area contributed by atoms with Gasteiger partial charge in [-0.15, -0.1) is 11.8 Å². The summed E-state index contributed by atoms with van der Waals surface area (Å²) in [6.45, 7) is 7.34. The number of fused-ring (bicyclic) bond motifs is 1. The molecule has 132 valence electrons. The summed E-state index contributed by atoms with van der Waals surface area (Å²) in [5.74, 6) is 1.87. The van der Waals surface area contributed by atoms with Crippen LogP contribution in [-0.2, 0) is 4.79 Å². The molecule has 1 heterocycles. The second-order valence-corrected chi connectivity index (χ2v) is 7.75. The van der Waals surface area contributed by atoms with Crippen molar-refractivity contribution in [2.24, 2.45) is 0 Å². The van der Waals surface area contributed by atoms with Gasteiger partial charge in [-0.2, -0.15) is 0 Å². The molecule has 3 rings (SSSR count). The highest BCUT2D eigenvalue weighted by atomic mass is 32.2. The molecule has 4 nitrogen and oxygen atoms in total. The molecule has 0 fully saturated rings. The molecule has 0 aromatic heterocycles. The van der Waals surface area contributed by atoms with Crippen LogP contribution >= 0.6 is 11.8 Å². The summed E-state index contributed by atoms with van der Waals surface area (Å²) in [5, 5.41) is 2.75. The normalized spacial score (nSPS) is 14.2. The van der Waals surface area contributed by atoms with Crippen LogP contribution in [-0.4, -0.2) is 24.4 Å². The first-order valence-electron chi connectivity index (χ1n) is 8.50. The highest BCUT2D eigenvalue weighted by Crippen LogP contribution is 2.33. The molecule has 1 amide bonds. The van der Waals surface area contributed by atoms with E-state index in [4.69, 9.17) is 9.47 Å². The number of rotatable bonds is 5. The molecular weight excluding hydrogens is 334 g/mol. The van der Waals surface area contributed by atoms with E-state index in [-0.39, 0.29) is 11.2 Å². The molecule has 0 saturated carbocycles. The van der Waals surface area contributed by atoms with Crippen molar-refractivity contribution in [2.75, 3.05) is 18.5 Å². The Kier molecular flexibility index (Phi) is 5.53. The van der Waals surface area contributed by atoms with Gasteiger partial charge in [0.15, 0.2) is 11.5 Å². The van der Waals surface area contributed by atoms with E-state index in [0.29, 0.717) is 24.9 Å². The Labute approximate surface area is 152 Å². The van der Waals surface area contributed by atoms with Crippen LogP contribution in [0.25, 0.3) is 0 Å². The molecule has 5 heteroatoms. The number of carbonyl (C=O) groups is 1. The Morgan fingerprint density at radius 3 is 2.36 bits per heavy atom. The van der Waals surface area contributed by atoms with Crippen LogP contribution in [0.3, 0.4) is 0 Å². The molecule has 0 radical (unpaired) electrons. The van der Waals surface area contributed by atoms with Crippen LogP contribution in [0.2, 0.25) is 0 Å². The number of amides is 1. The van der Waals surface area contributed by atoms with Gasteiger partial charge in [0.1, 0.15) is 13.2 Å². The van der Waals surface area contributed by atoms with E-state index in [1.807, 2.05) is 19.1 Å². The van der Waals surface area contributed by atoms with E-state index in [1.165, 1.54) is 5.56 Å². The molecule has 1 unspecified atom stereocenters. The Balaban J connectivity index is 1.60. The third kappa shape index (κ3) is 4.48. The standard InChI is InChI=1S/C20H23NO3S/c1-13(2)15-4-7-17(8-5-15)25-14(3)20(22)21-16-6-9-18-19(12-16)24-11-10-23-18/h4-9,12-14H,10-11H2,1-3H3,(H,21,22). The Morgan fingerprint density at radius 1 is 1.00 bits per heavy atom. The number of ether oxygens (including phenoxy) is 2. The maximum Gasteiger partial charge on any atom is 0.237 e. The average Bonchev–Trinajstić information content (AvgIpc) is 2.62. The fourth-order valence-corrected chi connectivity index (χ4v) is 3.42. The van der Waals surface area contributed by atoms with E-state index in [0.717, 1.165) is 16.3 Å². The topological polar surface area (TPSA) is 47.6 Å². The first-order valence-corrected chi connectivity index (χ1v) is 9.38. The van der Waals surface area contributed by atoms with Gasteiger partial charge in [-0.3, -0.25) is 4.79 Å². The highest BCUT2D eigenvalue weighted by Gasteiger charge is 2.17. The molecular formula is C20H23NO3S. The zero-order chi connectivity index (χ0) is 17.8. The quantitative estimate of drug-likeness (QED) is 0.788. The van der Waals surface area contributed by atoms with Crippen LogP contribution < -0.4 is 14.8 Å². The largest absolute Gasteiger partial charge is 0.486 e. The molecule has 1 atom stereocenters. The van der Waals surface area contributed by atoms with Gasteiger partial charge in [-0.05, 0) is 42.7 Å². The molecule has 0 saturated heterocycles. The van der Waals surface area contributed by atoms with Crippen molar-refractivity contribution in [1.29, 1.82) is 0 Å². The summed E-state index contributed by atoms with van der Waals surface area (Å²) >= 11 is 1.55. The van der Waals surface area contributed by atoms with Gasteiger partial charge >= 0.3 is 0 Å². The Hall–Kier alpha value is -2.14. The van der Waals surface area contributed by atoms with Crippen LogP contribution in [0.15, 0.2) is 47.4 Å². The first-order chi connectivity index (χ1) is 12.0. The molecule has 2 aromatic rings. The van der Waals surface area contributed by atoms with Crippen LogP contribution in [0.1, 0.15) is 32.3 Å². The monoisotopic (exact) mass is 357 g/mol. The third-order valence-electron chi connectivity index (χ3n) is 4.04. The van der Waals surface area contributed by atoms with Crippen LogP contribution in [0, 0.1) is 0 Å². The minimum atomic E-state index is -0.196. The molecule has 1 aliphatic rings. The summed E-state index contributed by atoms with van der Waals surface area (Å²) in [4.78, 5) is 13.5. The summed E-state index contributed by atoms with van der Waals surface area (Å²) in [6.07, 6.45) is 0. The van der Waals surface area contributed by atoms with Crippen molar-refractivity contribution >= 4 is 23.4 Å². The summed E-state index contributed by atoms with van der Waals surface area (Å²) < 4.78 is 11.0. The minimum Gasteiger partial charge on any atom is -0.486 e. The third-order valence-corrected chi connectivity index (χ3v) is 5.15. The molecule has 2 aromatic carbocycles. The van der Waals surface area contributed by atoms with Crippen molar-refractivity contribution in [3.63, 3.8) is 0 Å². The first kappa shape index (κ1) is 17.7. The van der Waals surface area contributed by atoms with Gasteiger partial charge in [0.25, 0.3) is 0 Å². The number of hydrogen-bond acceptors (Lipinski definition) is 4. The van der Waals surface area contributed by atoms with E-state index < -0.39 is 0 Å². The lowest BCUT2D eigenvalue weighted by Gasteiger charge is -2.19. The molecule has 0 spiro atoms. The smallest absolute Gasteiger partial charge is 0.237 e. The summed E-state index contributed by atoms with van der Waals surface area (Å²) in [6, 6.07) is 13.9. The lowest BCUT2D eigenvalue weighted by Crippen LogP contribution is -2.22. The minimum absolute atomic E-state index is 0.0328. The van der Waals surface area contributed by atoms with Gasteiger partial charge < -0.3 is 14.8 Å². The zero-order valence-corrected chi connectivity index (χ0v) is 15.6. The maximum atomic E-state index is 12.5. The predicted octanol–water partition coefficient (Wildman–Crippen LogP) is 4.70. The van der Waals surface area contributed by atoms with Gasteiger partial charge in [-0.1, -0.05) is 26.0 Å². The van der Waals surface area contributed by atoms with E-state index >= 15 is 0 Å². The molecule has 1 aliphatic heterocycles. The maximum absolute atomic E-state index is 12.5. The molecule has 0 aliphatic carbocycles. The second kappa shape index (κ2) is 7.83. The second-order valence-electron chi connectivity index (χ2n) is 6.33. The van der Waals surface area contributed by atoms with Crippen molar-refractivity contribution in [3.8, 4) is 11.5 Å². The zero-order valence-electron chi connectivity index (χ0n) is 14.7. The highest BCUT2D eigenvalue weighted by molar-refractivity contribution is 8.00.